The van der Waals surface area contributed by atoms with Crippen molar-refractivity contribution in [2.45, 2.75) is 0 Å². The highest BCUT2D eigenvalue weighted by Gasteiger charge is 2.08. The number of benzene rings is 1. The molecule has 2 aromatic rings. The van der Waals surface area contributed by atoms with Gasteiger partial charge >= 0.3 is 0 Å². The molecule has 0 saturated heterocycles. The number of nitrogens with zero attached hydrogens (tertiary/aromatic N) is 1. The minimum Gasteiger partial charge on any atom is -0.382 e. The van der Waals surface area contributed by atoms with Crippen LogP contribution in [0.4, 0.5) is 10.9 Å². The molecule has 2 rings (SSSR count). The SMILES string of the molecule is Nc1nc(N)c(-c2cccc(Br)c2)s1. The van der Waals surface area contributed by atoms with Crippen molar-refractivity contribution in [3.63, 3.8) is 0 Å². The zero-order valence-electron chi connectivity index (χ0n) is 7.20. The van der Waals surface area contributed by atoms with Crippen LogP contribution in [0.25, 0.3) is 10.4 Å². The molecule has 72 valence electrons. The van der Waals surface area contributed by atoms with Crippen LogP contribution in [0.3, 0.4) is 0 Å². The Morgan fingerprint density at radius 3 is 2.64 bits per heavy atom. The summed E-state index contributed by atoms with van der Waals surface area (Å²) in [7, 11) is 0. The molecule has 0 atom stereocenters. The summed E-state index contributed by atoms with van der Waals surface area (Å²) < 4.78 is 1.02. The second kappa shape index (κ2) is 3.59. The van der Waals surface area contributed by atoms with Crippen LogP contribution >= 0.6 is 27.3 Å². The number of hydrogen-bond donors (Lipinski definition) is 2. The molecule has 5 heteroatoms. The Balaban J connectivity index is 2.54. The third-order valence-corrected chi connectivity index (χ3v) is 3.20. The molecule has 1 heterocycles. The Kier molecular flexibility index (Phi) is 2.43. The smallest absolute Gasteiger partial charge is 0.182 e. The summed E-state index contributed by atoms with van der Waals surface area (Å²) in [6.45, 7) is 0. The summed E-state index contributed by atoms with van der Waals surface area (Å²) >= 11 is 4.80. The predicted octanol–water partition coefficient (Wildman–Crippen LogP) is 2.74. The summed E-state index contributed by atoms with van der Waals surface area (Å²) in [5.41, 5.74) is 12.3. The maximum absolute atomic E-state index is 5.73. The first-order valence-corrected chi connectivity index (χ1v) is 5.55. The fraction of sp³-hybridized carbons (Fsp3) is 0. The molecule has 3 nitrogen and oxygen atoms in total. The number of nitrogens with two attached hydrogens (primary N) is 2. The van der Waals surface area contributed by atoms with Crippen LogP contribution in [0.1, 0.15) is 0 Å². The van der Waals surface area contributed by atoms with Gasteiger partial charge in [0.15, 0.2) is 5.13 Å². The molecule has 0 aliphatic heterocycles. The van der Waals surface area contributed by atoms with E-state index in [0.717, 1.165) is 14.9 Å². The van der Waals surface area contributed by atoms with Gasteiger partial charge in [-0.3, -0.25) is 0 Å². The summed E-state index contributed by atoms with van der Waals surface area (Å²) in [6, 6.07) is 7.89. The van der Waals surface area contributed by atoms with Crippen LogP contribution in [0.5, 0.6) is 0 Å². The standard InChI is InChI=1S/C9H8BrN3S/c10-6-3-1-2-5(4-6)7-8(11)13-9(12)14-7/h1-4H,11H2,(H2,12,13). The molecule has 4 N–H and O–H groups in total. The van der Waals surface area contributed by atoms with Gasteiger partial charge in [-0.05, 0) is 17.7 Å². The van der Waals surface area contributed by atoms with Gasteiger partial charge in [0.05, 0.1) is 4.88 Å². The minimum absolute atomic E-state index is 0.491. The molecular formula is C9H8BrN3S. The van der Waals surface area contributed by atoms with Crippen molar-refractivity contribution in [1.82, 2.24) is 4.98 Å². The monoisotopic (exact) mass is 269 g/mol. The number of nitrogen functional groups attached to an aromatic ring is 2. The summed E-state index contributed by atoms with van der Waals surface area (Å²) in [6.07, 6.45) is 0. The van der Waals surface area contributed by atoms with E-state index in [2.05, 4.69) is 20.9 Å². The van der Waals surface area contributed by atoms with Crippen LogP contribution in [0.15, 0.2) is 28.7 Å². The highest BCUT2D eigenvalue weighted by atomic mass is 79.9. The lowest BCUT2D eigenvalue weighted by atomic mass is 10.2. The topological polar surface area (TPSA) is 64.9 Å². The van der Waals surface area contributed by atoms with Crippen LogP contribution in [-0.4, -0.2) is 4.98 Å². The predicted molar refractivity (Wildman–Crippen MR) is 64.1 cm³/mol. The van der Waals surface area contributed by atoms with Crippen molar-refractivity contribution in [1.29, 1.82) is 0 Å². The molecule has 0 spiro atoms. The normalized spacial score (nSPS) is 10.4. The Hall–Kier alpha value is -1.07. The fourth-order valence-corrected chi connectivity index (χ4v) is 2.33. The van der Waals surface area contributed by atoms with E-state index < -0.39 is 0 Å². The lowest BCUT2D eigenvalue weighted by Gasteiger charge is -1.98. The number of hydrogen-bond acceptors (Lipinski definition) is 4. The fourth-order valence-electron chi connectivity index (χ4n) is 1.19. The van der Waals surface area contributed by atoms with Crippen LogP contribution in [0.2, 0.25) is 0 Å². The van der Waals surface area contributed by atoms with Gasteiger partial charge in [0.2, 0.25) is 0 Å². The summed E-state index contributed by atoms with van der Waals surface area (Å²) in [4.78, 5) is 4.90. The zero-order chi connectivity index (χ0) is 10.1. The van der Waals surface area contributed by atoms with Gasteiger partial charge in [0.25, 0.3) is 0 Å². The van der Waals surface area contributed by atoms with Crippen molar-refractivity contribution in [2.24, 2.45) is 0 Å². The van der Waals surface area contributed by atoms with Crippen LogP contribution < -0.4 is 11.5 Å². The summed E-state index contributed by atoms with van der Waals surface area (Å²) in [5.74, 6) is 0.491. The molecule has 0 amide bonds. The zero-order valence-corrected chi connectivity index (χ0v) is 9.60. The molecule has 0 aliphatic carbocycles. The molecule has 0 saturated carbocycles. The van der Waals surface area contributed by atoms with Crippen molar-refractivity contribution in [3.8, 4) is 10.4 Å². The molecule has 14 heavy (non-hydrogen) atoms. The molecule has 0 bridgehead atoms. The van der Waals surface area contributed by atoms with Gasteiger partial charge < -0.3 is 11.5 Å². The van der Waals surface area contributed by atoms with E-state index in [4.69, 9.17) is 11.5 Å². The highest BCUT2D eigenvalue weighted by Crippen LogP contribution is 2.34. The third kappa shape index (κ3) is 1.73. The number of halogens is 1. The van der Waals surface area contributed by atoms with Crippen LogP contribution in [-0.2, 0) is 0 Å². The van der Waals surface area contributed by atoms with Gasteiger partial charge in [-0.1, -0.05) is 39.4 Å². The first-order chi connectivity index (χ1) is 6.66. The molecular weight excluding hydrogens is 262 g/mol. The van der Waals surface area contributed by atoms with E-state index in [0.29, 0.717) is 10.9 Å². The first kappa shape index (κ1) is 9.48. The van der Waals surface area contributed by atoms with Crippen LogP contribution in [0, 0.1) is 0 Å². The Morgan fingerprint density at radius 1 is 1.29 bits per heavy atom. The van der Waals surface area contributed by atoms with Gasteiger partial charge in [-0.2, -0.15) is 0 Å². The lowest BCUT2D eigenvalue weighted by Crippen LogP contribution is -1.88. The minimum atomic E-state index is 0.491. The summed E-state index contributed by atoms with van der Waals surface area (Å²) in [5, 5.41) is 0.498. The van der Waals surface area contributed by atoms with Crippen molar-refractivity contribution >= 4 is 38.2 Å². The van der Waals surface area contributed by atoms with E-state index in [1.54, 1.807) is 0 Å². The average molecular weight is 270 g/mol. The maximum atomic E-state index is 5.73. The second-order valence-corrected chi connectivity index (χ2v) is 4.72. The molecule has 0 fully saturated rings. The number of rotatable bonds is 1. The molecule has 0 unspecified atom stereocenters. The first-order valence-electron chi connectivity index (χ1n) is 3.94. The molecule has 0 radical (unpaired) electrons. The number of aromatic nitrogens is 1. The molecule has 1 aromatic carbocycles. The van der Waals surface area contributed by atoms with E-state index in [-0.39, 0.29) is 0 Å². The van der Waals surface area contributed by atoms with Gasteiger partial charge in [0.1, 0.15) is 5.82 Å². The number of anilines is 2. The Labute approximate surface area is 93.9 Å². The third-order valence-electron chi connectivity index (χ3n) is 1.76. The van der Waals surface area contributed by atoms with E-state index in [1.807, 2.05) is 24.3 Å². The number of thiazole rings is 1. The van der Waals surface area contributed by atoms with Gasteiger partial charge in [0, 0.05) is 4.47 Å². The van der Waals surface area contributed by atoms with Crippen molar-refractivity contribution in [2.75, 3.05) is 11.5 Å². The van der Waals surface area contributed by atoms with Crippen molar-refractivity contribution < 1.29 is 0 Å². The average Bonchev–Trinajstić information content (AvgIpc) is 2.45. The largest absolute Gasteiger partial charge is 0.382 e. The van der Waals surface area contributed by atoms with Crippen molar-refractivity contribution in [3.05, 3.63) is 28.7 Å². The van der Waals surface area contributed by atoms with E-state index in [1.165, 1.54) is 11.3 Å². The highest BCUT2D eigenvalue weighted by molar-refractivity contribution is 9.10. The lowest BCUT2D eigenvalue weighted by molar-refractivity contribution is 1.43. The van der Waals surface area contributed by atoms with E-state index in [9.17, 15) is 0 Å². The maximum Gasteiger partial charge on any atom is 0.182 e. The molecule has 0 aliphatic rings. The Morgan fingerprint density at radius 2 is 2.07 bits per heavy atom. The van der Waals surface area contributed by atoms with E-state index >= 15 is 0 Å². The molecule has 1 aromatic heterocycles. The van der Waals surface area contributed by atoms with Gasteiger partial charge in [-0.25, -0.2) is 4.98 Å². The van der Waals surface area contributed by atoms with Gasteiger partial charge in [-0.15, -0.1) is 0 Å². The Bertz CT molecular complexity index is 467. The quantitative estimate of drug-likeness (QED) is 0.837. The second-order valence-electron chi connectivity index (χ2n) is 2.78.